The number of aldehydes is 1. The molecule has 0 fully saturated rings. The Balaban J connectivity index is 3.05. The van der Waals surface area contributed by atoms with Crippen molar-refractivity contribution in [2.45, 2.75) is 12.8 Å². The first kappa shape index (κ1) is 12.6. The van der Waals surface area contributed by atoms with E-state index in [0.717, 1.165) is 6.29 Å². The van der Waals surface area contributed by atoms with Crippen molar-refractivity contribution in [3.8, 4) is 0 Å². The van der Waals surface area contributed by atoms with Crippen LogP contribution in [0.4, 0.5) is 0 Å². The number of carbonyl (C=O) groups is 1. The molecule has 0 spiro atoms. The SMILES string of the molecule is C[C@H](C=O)[C@@H](C[N+](=O)[O-])c1ccccc1Cl. The third-order valence-electron chi connectivity index (χ3n) is 2.50. The molecular formula is C11H12ClNO3. The third kappa shape index (κ3) is 3.03. The van der Waals surface area contributed by atoms with Crippen LogP contribution in [0.1, 0.15) is 18.4 Å². The van der Waals surface area contributed by atoms with Gasteiger partial charge in [0.05, 0.1) is 5.92 Å². The molecule has 0 saturated heterocycles. The summed E-state index contributed by atoms with van der Waals surface area (Å²) in [6.45, 7) is 1.37. The highest BCUT2D eigenvalue weighted by molar-refractivity contribution is 6.31. The van der Waals surface area contributed by atoms with E-state index in [0.29, 0.717) is 10.6 Å². The number of halogens is 1. The van der Waals surface area contributed by atoms with Crippen molar-refractivity contribution in [1.82, 2.24) is 0 Å². The van der Waals surface area contributed by atoms with Gasteiger partial charge in [-0.05, 0) is 11.6 Å². The van der Waals surface area contributed by atoms with Gasteiger partial charge < -0.3 is 4.79 Å². The maximum Gasteiger partial charge on any atom is 0.211 e. The molecule has 0 aliphatic heterocycles. The van der Waals surface area contributed by atoms with Gasteiger partial charge in [-0.15, -0.1) is 0 Å². The monoisotopic (exact) mass is 241 g/mol. The third-order valence-corrected chi connectivity index (χ3v) is 2.84. The van der Waals surface area contributed by atoms with Crippen LogP contribution in [0.2, 0.25) is 5.02 Å². The minimum Gasteiger partial charge on any atom is -0.303 e. The van der Waals surface area contributed by atoms with E-state index in [1.54, 1.807) is 31.2 Å². The Morgan fingerprint density at radius 1 is 1.50 bits per heavy atom. The van der Waals surface area contributed by atoms with Crippen molar-refractivity contribution >= 4 is 17.9 Å². The molecule has 2 atom stereocenters. The highest BCUT2D eigenvalue weighted by atomic mass is 35.5. The molecule has 0 N–H and O–H groups in total. The fourth-order valence-electron chi connectivity index (χ4n) is 1.58. The molecule has 0 aliphatic carbocycles. The van der Waals surface area contributed by atoms with Gasteiger partial charge in [0.2, 0.25) is 6.54 Å². The van der Waals surface area contributed by atoms with E-state index >= 15 is 0 Å². The second kappa shape index (κ2) is 5.61. The van der Waals surface area contributed by atoms with Crippen LogP contribution in [-0.4, -0.2) is 17.8 Å². The molecule has 1 aromatic carbocycles. The van der Waals surface area contributed by atoms with E-state index < -0.39 is 16.8 Å². The molecule has 0 saturated carbocycles. The first-order valence-electron chi connectivity index (χ1n) is 4.87. The van der Waals surface area contributed by atoms with E-state index in [2.05, 4.69) is 0 Å². The highest BCUT2D eigenvalue weighted by Gasteiger charge is 2.25. The second-order valence-corrected chi connectivity index (χ2v) is 4.05. The maximum atomic E-state index is 10.7. The summed E-state index contributed by atoms with van der Waals surface area (Å²) in [5, 5.41) is 11.0. The van der Waals surface area contributed by atoms with Gasteiger partial charge in [-0.2, -0.15) is 0 Å². The fourth-order valence-corrected chi connectivity index (χ4v) is 1.85. The van der Waals surface area contributed by atoms with Crippen molar-refractivity contribution in [3.05, 3.63) is 45.0 Å². The lowest BCUT2D eigenvalue weighted by molar-refractivity contribution is -0.484. The van der Waals surface area contributed by atoms with E-state index in [1.807, 2.05) is 0 Å². The number of rotatable bonds is 5. The van der Waals surface area contributed by atoms with Gasteiger partial charge in [-0.3, -0.25) is 10.1 Å². The van der Waals surface area contributed by atoms with Crippen LogP contribution in [0.3, 0.4) is 0 Å². The van der Waals surface area contributed by atoms with Gasteiger partial charge in [-0.1, -0.05) is 36.7 Å². The zero-order chi connectivity index (χ0) is 12.1. The van der Waals surface area contributed by atoms with Crippen molar-refractivity contribution in [3.63, 3.8) is 0 Å². The van der Waals surface area contributed by atoms with Crippen molar-refractivity contribution in [1.29, 1.82) is 0 Å². The van der Waals surface area contributed by atoms with Crippen LogP contribution >= 0.6 is 11.6 Å². The van der Waals surface area contributed by atoms with Crippen LogP contribution in [0.5, 0.6) is 0 Å². The summed E-state index contributed by atoms with van der Waals surface area (Å²) in [5.74, 6) is -0.897. The van der Waals surface area contributed by atoms with Gasteiger partial charge in [0.25, 0.3) is 0 Å². The Labute approximate surface area is 98.4 Å². The van der Waals surface area contributed by atoms with E-state index in [1.165, 1.54) is 0 Å². The zero-order valence-electron chi connectivity index (χ0n) is 8.80. The molecule has 5 heteroatoms. The Morgan fingerprint density at radius 3 is 2.62 bits per heavy atom. The van der Waals surface area contributed by atoms with Crippen molar-refractivity contribution in [2.24, 2.45) is 5.92 Å². The van der Waals surface area contributed by atoms with Crippen LogP contribution < -0.4 is 0 Å². The number of nitro groups is 1. The Hall–Kier alpha value is -1.42. The first-order chi connectivity index (χ1) is 7.56. The summed E-state index contributed by atoms with van der Waals surface area (Å²) in [7, 11) is 0. The number of hydrogen-bond donors (Lipinski definition) is 0. The molecule has 0 amide bonds. The topological polar surface area (TPSA) is 60.2 Å². The quantitative estimate of drug-likeness (QED) is 0.452. The molecule has 1 rings (SSSR count). The summed E-state index contributed by atoms with van der Waals surface area (Å²) in [6, 6.07) is 6.89. The Morgan fingerprint density at radius 2 is 2.12 bits per heavy atom. The van der Waals surface area contributed by atoms with Gasteiger partial charge in [0.1, 0.15) is 6.29 Å². The summed E-state index contributed by atoms with van der Waals surface area (Å²) < 4.78 is 0. The van der Waals surface area contributed by atoms with Gasteiger partial charge >= 0.3 is 0 Å². The normalized spacial score (nSPS) is 14.1. The summed E-state index contributed by atoms with van der Waals surface area (Å²) in [5.41, 5.74) is 0.653. The summed E-state index contributed by atoms with van der Waals surface area (Å²) in [6.07, 6.45) is 0.720. The molecule has 0 unspecified atom stereocenters. The molecule has 0 radical (unpaired) electrons. The molecule has 0 bridgehead atoms. The predicted octanol–water partition coefficient (Wildman–Crippen LogP) is 2.54. The minimum absolute atomic E-state index is 0.288. The van der Waals surface area contributed by atoms with E-state index in [4.69, 9.17) is 11.6 Å². The second-order valence-electron chi connectivity index (χ2n) is 3.64. The van der Waals surface area contributed by atoms with Crippen LogP contribution in [0.15, 0.2) is 24.3 Å². The van der Waals surface area contributed by atoms with E-state index in [-0.39, 0.29) is 6.54 Å². The largest absolute Gasteiger partial charge is 0.303 e. The average Bonchev–Trinajstić information content (AvgIpc) is 2.26. The number of benzene rings is 1. The number of hydrogen-bond acceptors (Lipinski definition) is 3. The molecule has 0 heterocycles. The Kier molecular flexibility index (Phi) is 4.43. The molecule has 16 heavy (non-hydrogen) atoms. The van der Waals surface area contributed by atoms with Crippen LogP contribution in [-0.2, 0) is 4.79 Å². The van der Waals surface area contributed by atoms with E-state index in [9.17, 15) is 14.9 Å². The standard InChI is InChI=1S/C11H12ClNO3/c1-8(7-14)10(6-13(15)16)9-4-2-3-5-11(9)12/h2-5,7-8,10H,6H2,1H3/t8-,10-/m1/s1. The lowest BCUT2D eigenvalue weighted by atomic mass is 9.88. The smallest absolute Gasteiger partial charge is 0.211 e. The maximum absolute atomic E-state index is 10.7. The molecular weight excluding hydrogens is 230 g/mol. The summed E-state index contributed by atoms with van der Waals surface area (Å²) >= 11 is 5.96. The summed E-state index contributed by atoms with van der Waals surface area (Å²) in [4.78, 5) is 20.9. The lowest BCUT2D eigenvalue weighted by Gasteiger charge is -2.17. The first-order valence-corrected chi connectivity index (χ1v) is 5.25. The zero-order valence-corrected chi connectivity index (χ0v) is 9.55. The fraction of sp³-hybridized carbons (Fsp3) is 0.364. The highest BCUT2D eigenvalue weighted by Crippen LogP contribution is 2.29. The minimum atomic E-state index is -0.471. The van der Waals surface area contributed by atoms with Crippen LogP contribution in [0.25, 0.3) is 0 Å². The molecule has 0 aliphatic rings. The van der Waals surface area contributed by atoms with Crippen LogP contribution in [0, 0.1) is 16.0 Å². The molecule has 0 aromatic heterocycles. The van der Waals surface area contributed by atoms with Crippen molar-refractivity contribution in [2.75, 3.05) is 6.54 Å². The molecule has 1 aromatic rings. The molecule has 86 valence electrons. The number of nitrogens with zero attached hydrogens (tertiary/aromatic N) is 1. The van der Waals surface area contributed by atoms with Gasteiger partial charge in [0, 0.05) is 15.9 Å². The number of carbonyl (C=O) groups excluding carboxylic acids is 1. The Bertz CT molecular complexity index is 395. The molecule has 4 nitrogen and oxygen atoms in total. The predicted molar refractivity (Wildman–Crippen MR) is 61.3 cm³/mol. The average molecular weight is 242 g/mol. The van der Waals surface area contributed by atoms with Crippen molar-refractivity contribution < 1.29 is 9.72 Å². The van der Waals surface area contributed by atoms with Gasteiger partial charge in [0.15, 0.2) is 0 Å². The lowest BCUT2D eigenvalue weighted by Crippen LogP contribution is -2.20. The van der Waals surface area contributed by atoms with Gasteiger partial charge in [-0.25, -0.2) is 0 Å².